The number of nitrogens with zero attached hydrogens (tertiary/aromatic N) is 1. The molecule has 3 N–H and O–H groups in total. The summed E-state index contributed by atoms with van der Waals surface area (Å²) in [7, 11) is 0. The molecule has 0 aliphatic heterocycles. The van der Waals surface area contributed by atoms with Crippen molar-refractivity contribution in [3.8, 4) is 16.3 Å². The van der Waals surface area contributed by atoms with E-state index in [9.17, 15) is 9.90 Å². The summed E-state index contributed by atoms with van der Waals surface area (Å²) >= 11 is 6.66. The lowest BCUT2D eigenvalue weighted by Crippen LogP contribution is -2.33. The Balaban J connectivity index is 1.95. The van der Waals surface area contributed by atoms with E-state index in [1.165, 1.54) is 11.3 Å². The van der Waals surface area contributed by atoms with Gasteiger partial charge in [0.05, 0.1) is 15.8 Å². The maximum Gasteiger partial charge on any atom is 0.225 e. The number of carbonyl (C=O) groups excluding carboxylic acids is 1. The molecule has 0 aliphatic carbocycles. The summed E-state index contributed by atoms with van der Waals surface area (Å²) in [6, 6.07) is 11.4. The zero-order chi connectivity index (χ0) is 18.0. The molecule has 0 saturated carbocycles. The highest BCUT2D eigenvalue weighted by Gasteiger charge is 2.14. The molecule has 0 aliphatic rings. The Bertz CT molecular complexity index is 933. The van der Waals surface area contributed by atoms with E-state index in [2.05, 4.69) is 15.6 Å². The summed E-state index contributed by atoms with van der Waals surface area (Å²) in [5.41, 5.74) is 2.91. The van der Waals surface area contributed by atoms with Gasteiger partial charge in [-0.15, -0.1) is 11.3 Å². The van der Waals surface area contributed by atoms with Gasteiger partial charge in [0.2, 0.25) is 5.91 Å². The lowest BCUT2D eigenvalue weighted by molar-refractivity contribution is -0.119. The van der Waals surface area contributed by atoms with E-state index in [0.717, 1.165) is 15.2 Å². The van der Waals surface area contributed by atoms with E-state index >= 15 is 0 Å². The number of phenolic OH excluding ortho intramolecular Hbond substituents is 1. The monoisotopic (exact) mass is 371 g/mol. The fraction of sp³-hybridized carbons (Fsp3) is 0.167. The van der Waals surface area contributed by atoms with E-state index < -0.39 is 0 Å². The van der Waals surface area contributed by atoms with Crippen LogP contribution in [0.3, 0.4) is 0 Å². The molecule has 0 unspecified atom stereocenters. The molecule has 1 amide bonds. The first-order valence-corrected chi connectivity index (χ1v) is 9.00. The number of nitrogens with one attached hydrogen (secondary N) is 2. The number of aromatic hydroxyl groups is 1. The van der Waals surface area contributed by atoms with Crippen LogP contribution in [-0.4, -0.2) is 21.1 Å². The van der Waals surface area contributed by atoms with E-state index in [0.29, 0.717) is 23.2 Å². The van der Waals surface area contributed by atoms with E-state index in [4.69, 9.17) is 12.2 Å². The van der Waals surface area contributed by atoms with Gasteiger partial charge in [0.25, 0.3) is 0 Å². The number of anilines is 1. The van der Waals surface area contributed by atoms with Crippen molar-refractivity contribution in [2.45, 2.75) is 20.3 Å². The molecule has 1 heterocycles. The Labute approximate surface area is 154 Å². The van der Waals surface area contributed by atoms with Crippen molar-refractivity contribution >= 4 is 50.5 Å². The van der Waals surface area contributed by atoms with Gasteiger partial charge in [0.1, 0.15) is 10.8 Å². The number of thiazole rings is 1. The van der Waals surface area contributed by atoms with Crippen LogP contribution in [0.15, 0.2) is 36.4 Å². The van der Waals surface area contributed by atoms with Gasteiger partial charge >= 0.3 is 0 Å². The summed E-state index contributed by atoms with van der Waals surface area (Å²) < 4.78 is 1.05. The zero-order valence-electron chi connectivity index (χ0n) is 13.8. The molecule has 7 heteroatoms. The Kier molecular flexibility index (Phi) is 4.96. The number of phenols is 1. The number of rotatable bonds is 3. The summed E-state index contributed by atoms with van der Waals surface area (Å²) in [5.74, 6) is 0.0347. The first kappa shape index (κ1) is 17.3. The quantitative estimate of drug-likeness (QED) is 0.475. The number of benzene rings is 2. The van der Waals surface area contributed by atoms with Gasteiger partial charge in [-0.05, 0) is 49.0 Å². The van der Waals surface area contributed by atoms with E-state index in [-0.39, 0.29) is 16.8 Å². The highest BCUT2D eigenvalue weighted by atomic mass is 32.1. The van der Waals surface area contributed by atoms with Crippen molar-refractivity contribution in [3.63, 3.8) is 0 Å². The predicted octanol–water partition coefficient (Wildman–Crippen LogP) is 4.20. The smallest absolute Gasteiger partial charge is 0.225 e. The van der Waals surface area contributed by atoms with Crippen molar-refractivity contribution in [1.82, 2.24) is 10.3 Å². The van der Waals surface area contributed by atoms with Crippen LogP contribution in [0.1, 0.15) is 18.9 Å². The van der Waals surface area contributed by atoms with Crippen LogP contribution in [0.25, 0.3) is 20.8 Å². The topological polar surface area (TPSA) is 74.2 Å². The number of para-hydroxylation sites is 1. The Hall–Kier alpha value is -2.51. The normalized spacial score (nSPS) is 10.6. The van der Waals surface area contributed by atoms with Crippen LogP contribution < -0.4 is 10.6 Å². The highest BCUT2D eigenvalue weighted by Crippen LogP contribution is 2.38. The number of aryl methyl sites for hydroxylation is 1. The minimum absolute atomic E-state index is 0.153. The fourth-order valence-electron chi connectivity index (χ4n) is 2.38. The van der Waals surface area contributed by atoms with Gasteiger partial charge in [-0.3, -0.25) is 4.79 Å². The number of thiocarbonyl (C=S) groups is 1. The molecule has 0 radical (unpaired) electrons. The first-order valence-electron chi connectivity index (χ1n) is 7.78. The number of fused-ring (bicyclic) bond motifs is 1. The number of hydrogen-bond donors (Lipinski definition) is 3. The standard InChI is InChI=1S/C18H17N3O2S2/c1-3-15(22)21-18(24)19-11-8-10(2)16(23)12(9-11)17-20-13-6-4-5-7-14(13)25-17/h4-9,23H,3H2,1-2H3,(H2,19,21,22,24). The van der Waals surface area contributed by atoms with Crippen LogP contribution in [-0.2, 0) is 4.79 Å². The van der Waals surface area contributed by atoms with Crippen LogP contribution in [0.2, 0.25) is 0 Å². The second-order valence-electron chi connectivity index (χ2n) is 5.53. The number of aromatic nitrogens is 1. The zero-order valence-corrected chi connectivity index (χ0v) is 15.4. The molecule has 2 aromatic carbocycles. The van der Waals surface area contributed by atoms with Gasteiger partial charge in [-0.2, -0.15) is 0 Å². The molecule has 5 nitrogen and oxygen atoms in total. The summed E-state index contributed by atoms with van der Waals surface area (Å²) in [6.45, 7) is 3.57. The fourth-order valence-corrected chi connectivity index (χ4v) is 3.59. The lowest BCUT2D eigenvalue weighted by atomic mass is 10.1. The molecular weight excluding hydrogens is 354 g/mol. The predicted molar refractivity (Wildman–Crippen MR) is 106 cm³/mol. The average molecular weight is 371 g/mol. The Morgan fingerprint density at radius 1 is 1.32 bits per heavy atom. The number of hydrogen-bond acceptors (Lipinski definition) is 5. The number of amides is 1. The van der Waals surface area contributed by atoms with Gasteiger partial charge < -0.3 is 15.7 Å². The van der Waals surface area contributed by atoms with Crippen molar-refractivity contribution in [1.29, 1.82) is 0 Å². The molecule has 0 spiro atoms. The Morgan fingerprint density at radius 2 is 2.08 bits per heavy atom. The number of carbonyl (C=O) groups is 1. The molecular formula is C18H17N3O2S2. The van der Waals surface area contributed by atoms with Crippen molar-refractivity contribution in [2.75, 3.05) is 5.32 Å². The molecule has 3 rings (SSSR count). The average Bonchev–Trinajstić information content (AvgIpc) is 3.01. The van der Waals surface area contributed by atoms with Crippen LogP contribution >= 0.6 is 23.6 Å². The molecule has 3 aromatic rings. The van der Waals surface area contributed by atoms with Gasteiger partial charge in [-0.25, -0.2) is 4.98 Å². The van der Waals surface area contributed by atoms with E-state index in [1.807, 2.05) is 31.2 Å². The van der Waals surface area contributed by atoms with Crippen molar-refractivity contribution in [3.05, 3.63) is 42.0 Å². The Morgan fingerprint density at radius 3 is 2.80 bits per heavy atom. The third-order valence-corrected chi connectivity index (χ3v) is 4.93. The molecule has 25 heavy (non-hydrogen) atoms. The van der Waals surface area contributed by atoms with Crippen LogP contribution in [0, 0.1) is 6.92 Å². The van der Waals surface area contributed by atoms with Crippen LogP contribution in [0.5, 0.6) is 5.75 Å². The molecule has 0 fully saturated rings. The largest absolute Gasteiger partial charge is 0.507 e. The van der Waals surface area contributed by atoms with Crippen molar-refractivity contribution < 1.29 is 9.90 Å². The summed E-state index contributed by atoms with van der Waals surface area (Å²) in [6.07, 6.45) is 0.355. The second kappa shape index (κ2) is 7.16. The van der Waals surface area contributed by atoms with Gasteiger partial charge in [-0.1, -0.05) is 19.1 Å². The van der Waals surface area contributed by atoms with Gasteiger partial charge in [0.15, 0.2) is 5.11 Å². The molecule has 0 atom stereocenters. The molecule has 128 valence electrons. The minimum atomic E-state index is -0.153. The SMILES string of the molecule is CCC(=O)NC(=S)Nc1cc(C)c(O)c(-c2nc3ccccc3s2)c1. The molecule has 1 aromatic heterocycles. The minimum Gasteiger partial charge on any atom is -0.507 e. The highest BCUT2D eigenvalue weighted by molar-refractivity contribution is 7.80. The summed E-state index contributed by atoms with van der Waals surface area (Å²) in [4.78, 5) is 16.0. The second-order valence-corrected chi connectivity index (χ2v) is 6.97. The maximum atomic E-state index is 11.4. The van der Waals surface area contributed by atoms with E-state index in [1.54, 1.807) is 19.1 Å². The third kappa shape index (κ3) is 3.78. The third-order valence-electron chi connectivity index (χ3n) is 3.66. The molecule has 0 saturated heterocycles. The van der Waals surface area contributed by atoms with Gasteiger partial charge in [0, 0.05) is 12.1 Å². The first-order chi connectivity index (χ1) is 12.0. The van der Waals surface area contributed by atoms with Crippen molar-refractivity contribution in [2.24, 2.45) is 0 Å². The maximum absolute atomic E-state index is 11.4. The molecule has 0 bridgehead atoms. The lowest BCUT2D eigenvalue weighted by Gasteiger charge is -2.12. The summed E-state index contributed by atoms with van der Waals surface area (Å²) in [5, 5.41) is 17.0. The van der Waals surface area contributed by atoms with Crippen LogP contribution in [0.4, 0.5) is 5.69 Å².